The van der Waals surface area contributed by atoms with E-state index in [1.807, 2.05) is 11.4 Å². The largest absolute Gasteiger partial charge is 0.339 e. The highest BCUT2D eigenvalue weighted by atomic mass is 32.1. The van der Waals surface area contributed by atoms with Crippen LogP contribution >= 0.6 is 11.3 Å². The number of nitrogens with zero attached hydrogens (tertiary/aromatic N) is 3. The first-order valence-electron chi connectivity index (χ1n) is 7.12. The molecule has 3 heterocycles. The van der Waals surface area contributed by atoms with Crippen LogP contribution in [0.2, 0.25) is 0 Å². The van der Waals surface area contributed by atoms with Gasteiger partial charge in [0.15, 0.2) is 0 Å². The van der Waals surface area contributed by atoms with E-state index in [9.17, 15) is 0 Å². The number of fused-ring (bicyclic) bond motifs is 1. The summed E-state index contributed by atoms with van der Waals surface area (Å²) in [4.78, 5) is 8.85. The van der Waals surface area contributed by atoms with Crippen molar-refractivity contribution in [2.45, 2.75) is 32.7 Å². The Kier molecular flexibility index (Phi) is 4.26. The molecule has 0 unspecified atom stereocenters. The molecule has 0 saturated carbocycles. The Morgan fingerprint density at radius 1 is 1.38 bits per heavy atom. The number of nitrogens with one attached hydrogen (secondary N) is 1. The van der Waals surface area contributed by atoms with E-state index in [1.54, 1.807) is 17.5 Å². The van der Waals surface area contributed by atoms with Crippen molar-refractivity contribution >= 4 is 21.6 Å². The molecule has 3 aromatic heterocycles. The third-order valence-electron chi connectivity index (χ3n) is 3.15. The Hall–Kier alpha value is -1.79. The van der Waals surface area contributed by atoms with Gasteiger partial charge in [0.1, 0.15) is 0 Å². The van der Waals surface area contributed by atoms with Gasteiger partial charge < -0.3 is 9.84 Å². The Labute approximate surface area is 127 Å². The summed E-state index contributed by atoms with van der Waals surface area (Å²) < 4.78 is 6.45. The minimum absolute atomic E-state index is 0.506. The molecule has 6 heteroatoms. The van der Waals surface area contributed by atoms with Crippen LogP contribution in [-0.4, -0.2) is 27.7 Å². The maximum absolute atomic E-state index is 5.31. The van der Waals surface area contributed by atoms with Crippen LogP contribution in [0.1, 0.15) is 26.2 Å². The normalized spacial score (nSPS) is 11.6. The maximum Gasteiger partial charge on any atom is 0.227 e. The summed E-state index contributed by atoms with van der Waals surface area (Å²) in [5.74, 6) is 1.30. The first-order valence-corrected chi connectivity index (χ1v) is 8.00. The van der Waals surface area contributed by atoms with Crippen molar-refractivity contribution in [2.24, 2.45) is 0 Å². The molecular weight excluding hydrogens is 284 g/mol. The van der Waals surface area contributed by atoms with Gasteiger partial charge in [-0.3, -0.25) is 4.98 Å². The van der Waals surface area contributed by atoms with Crippen LogP contribution in [0.4, 0.5) is 0 Å². The molecule has 5 nitrogen and oxygen atoms in total. The summed E-state index contributed by atoms with van der Waals surface area (Å²) in [6.07, 6.45) is 3.58. The summed E-state index contributed by atoms with van der Waals surface area (Å²) in [7, 11) is 0. The second-order valence-corrected chi connectivity index (χ2v) is 6.20. The zero-order chi connectivity index (χ0) is 14.7. The molecular formula is C15H18N4OS. The summed E-state index contributed by atoms with van der Waals surface area (Å²) in [5, 5.41) is 9.46. The fourth-order valence-electron chi connectivity index (χ4n) is 2.07. The lowest BCUT2D eigenvalue weighted by Crippen LogP contribution is -2.23. The lowest BCUT2D eigenvalue weighted by atomic mass is 10.2. The van der Waals surface area contributed by atoms with Crippen molar-refractivity contribution in [1.29, 1.82) is 0 Å². The number of rotatable bonds is 6. The third-order valence-corrected chi connectivity index (χ3v) is 4.00. The van der Waals surface area contributed by atoms with E-state index >= 15 is 0 Å². The summed E-state index contributed by atoms with van der Waals surface area (Å²) in [6, 6.07) is 4.57. The fourth-order valence-corrected chi connectivity index (χ4v) is 2.85. The first-order chi connectivity index (χ1) is 10.2. The average molecular weight is 302 g/mol. The standard InChI is InChI=1S/C15H18N4OS/c1-10(2)16-6-3-4-14-18-15(19-20-14)11-8-13-12(17-9-11)5-7-21-13/h5,7-10,16H,3-4,6H2,1-2H3. The van der Waals surface area contributed by atoms with E-state index < -0.39 is 0 Å². The summed E-state index contributed by atoms with van der Waals surface area (Å²) in [5.41, 5.74) is 1.91. The van der Waals surface area contributed by atoms with E-state index in [1.165, 1.54) is 0 Å². The highest BCUT2D eigenvalue weighted by Crippen LogP contribution is 2.24. The highest BCUT2D eigenvalue weighted by molar-refractivity contribution is 7.17. The molecule has 0 fully saturated rings. The van der Waals surface area contributed by atoms with Gasteiger partial charge in [-0.25, -0.2) is 0 Å². The van der Waals surface area contributed by atoms with Crippen molar-refractivity contribution in [3.8, 4) is 11.4 Å². The molecule has 3 rings (SSSR count). The van der Waals surface area contributed by atoms with Gasteiger partial charge in [0.25, 0.3) is 0 Å². The highest BCUT2D eigenvalue weighted by Gasteiger charge is 2.10. The van der Waals surface area contributed by atoms with Crippen LogP contribution in [0, 0.1) is 0 Å². The number of aryl methyl sites for hydroxylation is 1. The second-order valence-electron chi connectivity index (χ2n) is 5.25. The minimum atomic E-state index is 0.506. The molecule has 110 valence electrons. The molecule has 0 amide bonds. The molecule has 1 N–H and O–H groups in total. The monoisotopic (exact) mass is 302 g/mol. The average Bonchev–Trinajstić information content (AvgIpc) is 3.11. The van der Waals surface area contributed by atoms with Crippen molar-refractivity contribution in [3.63, 3.8) is 0 Å². The second kappa shape index (κ2) is 6.32. The molecule has 0 aliphatic heterocycles. The maximum atomic E-state index is 5.31. The Balaban J connectivity index is 1.66. The van der Waals surface area contributed by atoms with Crippen molar-refractivity contribution < 1.29 is 4.52 Å². The predicted octanol–water partition coefficient (Wildman–Crippen LogP) is 3.28. The van der Waals surface area contributed by atoms with Gasteiger partial charge in [-0.1, -0.05) is 19.0 Å². The zero-order valence-electron chi connectivity index (χ0n) is 12.2. The minimum Gasteiger partial charge on any atom is -0.339 e. The SMILES string of the molecule is CC(C)NCCCc1nc(-c2cnc3ccsc3c2)no1. The number of hydrogen-bond acceptors (Lipinski definition) is 6. The Morgan fingerprint density at radius 3 is 3.14 bits per heavy atom. The molecule has 0 spiro atoms. The third kappa shape index (κ3) is 3.46. The van der Waals surface area contributed by atoms with Crippen LogP contribution in [0.3, 0.4) is 0 Å². The van der Waals surface area contributed by atoms with E-state index in [4.69, 9.17) is 4.52 Å². The van der Waals surface area contributed by atoms with E-state index in [-0.39, 0.29) is 0 Å². The first kappa shape index (κ1) is 14.2. The molecule has 0 aliphatic carbocycles. The van der Waals surface area contributed by atoms with E-state index in [0.717, 1.165) is 35.2 Å². The number of pyridine rings is 1. The molecule has 0 atom stereocenters. The van der Waals surface area contributed by atoms with Crippen LogP contribution < -0.4 is 5.32 Å². The lowest BCUT2D eigenvalue weighted by Gasteiger charge is -2.05. The number of thiophene rings is 1. The van der Waals surface area contributed by atoms with Gasteiger partial charge in [0, 0.05) is 24.2 Å². The molecule has 0 saturated heterocycles. The molecule has 0 bridgehead atoms. The predicted molar refractivity (Wildman–Crippen MR) is 84.4 cm³/mol. The van der Waals surface area contributed by atoms with Gasteiger partial charge >= 0.3 is 0 Å². The fraction of sp³-hybridized carbons (Fsp3) is 0.400. The van der Waals surface area contributed by atoms with Crippen LogP contribution in [0.5, 0.6) is 0 Å². The van der Waals surface area contributed by atoms with Crippen molar-refractivity contribution in [1.82, 2.24) is 20.4 Å². The van der Waals surface area contributed by atoms with Crippen LogP contribution in [0.15, 0.2) is 28.2 Å². The number of aromatic nitrogens is 3. The molecule has 0 aliphatic rings. The summed E-state index contributed by atoms with van der Waals surface area (Å²) in [6.45, 7) is 5.23. The van der Waals surface area contributed by atoms with Gasteiger partial charge in [-0.05, 0) is 30.5 Å². The molecule has 21 heavy (non-hydrogen) atoms. The van der Waals surface area contributed by atoms with E-state index in [2.05, 4.69) is 40.4 Å². The smallest absolute Gasteiger partial charge is 0.227 e. The molecule has 3 aromatic rings. The Bertz CT molecular complexity index is 719. The zero-order valence-corrected chi connectivity index (χ0v) is 13.0. The quantitative estimate of drug-likeness (QED) is 0.708. The van der Waals surface area contributed by atoms with Crippen molar-refractivity contribution in [2.75, 3.05) is 6.54 Å². The van der Waals surface area contributed by atoms with Gasteiger partial charge in [-0.2, -0.15) is 4.98 Å². The number of hydrogen-bond donors (Lipinski definition) is 1. The van der Waals surface area contributed by atoms with Gasteiger partial charge in [0.05, 0.1) is 10.2 Å². The van der Waals surface area contributed by atoms with Gasteiger partial charge in [0.2, 0.25) is 11.7 Å². The van der Waals surface area contributed by atoms with Gasteiger partial charge in [-0.15, -0.1) is 11.3 Å². The summed E-state index contributed by atoms with van der Waals surface area (Å²) >= 11 is 1.67. The Morgan fingerprint density at radius 2 is 2.29 bits per heavy atom. The van der Waals surface area contributed by atoms with Crippen molar-refractivity contribution in [3.05, 3.63) is 29.6 Å². The molecule has 0 aromatic carbocycles. The lowest BCUT2D eigenvalue weighted by molar-refractivity contribution is 0.374. The topological polar surface area (TPSA) is 63.8 Å². The van der Waals surface area contributed by atoms with Crippen LogP contribution in [0.25, 0.3) is 21.6 Å². The molecule has 0 radical (unpaired) electrons. The van der Waals surface area contributed by atoms with Crippen LogP contribution in [-0.2, 0) is 6.42 Å². The van der Waals surface area contributed by atoms with E-state index in [0.29, 0.717) is 17.8 Å².